The van der Waals surface area contributed by atoms with E-state index in [9.17, 15) is 39.9 Å². The fourth-order valence-corrected chi connectivity index (χ4v) is 4.02. The molecule has 0 bridgehead atoms. The third-order valence-electron chi connectivity index (χ3n) is 5.82. The highest BCUT2D eigenvalue weighted by atomic mass is 19.4. The Balaban J connectivity index is 1.64. The van der Waals surface area contributed by atoms with Crippen molar-refractivity contribution in [2.24, 2.45) is 0 Å². The van der Waals surface area contributed by atoms with Crippen LogP contribution in [-0.2, 0) is 17.1 Å². The molecule has 2 aliphatic rings. The summed E-state index contributed by atoms with van der Waals surface area (Å²) in [5, 5.41) is 0. The summed E-state index contributed by atoms with van der Waals surface area (Å²) < 4.78 is 116. The Morgan fingerprint density at radius 1 is 0.946 bits per heavy atom. The van der Waals surface area contributed by atoms with Crippen LogP contribution in [0.5, 0.6) is 11.5 Å². The maximum absolute atomic E-state index is 13.8. The zero-order valence-corrected chi connectivity index (χ0v) is 19.0. The molecule has 4 rings (SSSR count). The van der Waals surface area contributed by atoms with Crippen LogP contribution in [0.25, 0.3) is 0 Å². The standard InChI is InChI=1S/C22H20F8N4O3/c1-33-5-7-34(8-6-33)17(15-3-2-4-16-18(15)37-22(29,30)36-16)19(35)32-31-14-10-12(20(23,24)25)9-13(11-14)21(26,27)28/h2-4,9-11,17,31H,5-8H2,1H3,(H,32,35). The molecule has 1 fully saturated rings. The van der Waals surface area contributed by atoms with Crippen molar-refractivity contribution in [2.75, 3.05) is 38.7 Å². The Morgan fingerprint density at radius 3 is 2.11 bits per heavy atom. The van der Waals surface area contributed by atoms with Crippen LogP contribution >= 0.6 is 0 Å². The van der Waals surface area contributed by atoms with E-state index < -0.39 is 53.2 Å². The Kier molecular flexibility index (Phi) is 6.88. The molecule has 1 amide bonds. The number of ether oxygens (including phenoxy) is 2. The summed E-state index contributed by atoms with van der Waals surface area (Å²) in [6.45, 7) is 1.61. The van der Waals surface area contributed by atoms with Gasteiger partial charge in [0.1, 0.15) is 6.04 Å². The third kappa shape index (κ3) is 5.98. The third-order valence-corrected chi connectivity index (χ3v) is 5.82. The molecule has 7 nitrogen and oxygen atoms in total. The molecule has 0 aromatic heterocycles. The first-order valence-electron chi connectivity index (χ1n) is 10.8. The topological polar surface area (TPSA) is 66.1 Å². The van der Waals surface area contributed by atoms with Gasteiger partial charge in [0.15, 0.2) is 11.5 Å². The molecule has 37 heavy (non-hydrogen) atoms. The lowest BCUT2D eigenvalue weighted by molar-refractivity contribution is -0.287. The fourth-order valence-electron chi connectivity index (χ4n) is 4.02. The number of nitrogens with zero attached hydrogens (tertiary/aromatic N) is 2. The van der Waals surface area contributed by atoms with Crippen LogP contribution < -0.4 is 20.3 Å². The highest BCUT2D eigenvalue weighted by Crippen LogP contribution is 2.46. The fraction of sp³-hybridized carbons (Fsp3) is 0.409. The molecular weight excluding hydrogens is 520 g/mol. The maximum Gasteiger partial charge on any atom is 0.586 e. The first-order chi connectivity index (χ1) is 17.1. The van der Waals surface area contributed by atoms with Crippen LogP contribution in [0, 0.1) is 0 Å². The average molecular weight is 540 g/mol. The number of benzene rings is 2. The van der Waals surface area contributed by atoms with Crippen molar-refractivity contribution in [3.05, 3.63) is 53.1 Å². The van der Waals surface area contributed by atoms with Crippen LogP contribution in [0.1, 0.15) is 22.7 Å². The number of alkyl halides is 8. The molecule has 2 aromatic carbocycles. The van der Waals surface area contributed by atoms with E-state index in [0.29, 0.717) is 38.3 Å². The molecule has 202 valence electrons. The predicted molar refractivity (Wildman–Crippen MR) is 113 cm³/mol. The molecule has 0 aliphatic carbocycles. The molecule has 0 radical (unpaired) electrons. The number of hydrogen-bond acceptors (Lipinski definition) is 6. The van der Waals surface area contributed by atoms with Gasteiger partial charge in [-0.1, -0.05) is 12.1 Å². The van der Waals surface area contributed by atoms with Gasteiger partial charge in [-0.25, -0.2) is 0 Å². The zero-order chi connectivity index (χ0) is 27.2. The van der Waals surface area contributed by atoms with Crippen molar-refractivity contribution in [1.82, 2.24) is 15.2 Å². The van der Waals surface area contributed by atoms with Gasteiger partial charge in [-0.05, 0) is 31.3 Å². The Bertz CT molecular complexity index is 1130. The quantitative estimate of drug-likeness (QED) is 0.431. The number of piperazine rings is 1. The lowest BCUT2D eigenvalue weighted by Crippen LogP contribution is -2.50. The summed E-state index contributed by atoms with van der Waals surface area (Å²) in [5.74, 6) is -1.65. The molecule has 1 saturated heterocycles. The van der Waals surface area contributed by atoms with Gasteiger partial charge in [0.25, 0.3) is 5.91 Å². The van der Waals surface area contributed by atoms with E-state index in [0.717, 1.165) is 0 Å². The van der Waals surface area contributed by atoms with Crippen molar-refractivity contribution in [1.29, 1.82) is 0 Å². The Morgan fingerprint density at radius 2 is 1.54 bits per heavy atom. The molecule has 2 heterocycles. The van der Waals surface area contributed by atoms with Gasteiger partial charge in [0.05, 0.1) is 16.8 Å². The number of halogens is 8. The van der Waals surface area contributed by atoms with Crippen molar-refractivity contribution in [2.45, 2.75) is 24.7 Å². The van der Waals surface area contributed by atoms with Gasteiger partial charge >= 0.3 is 18.6 Å². The number of amides is 1. The second kappa shape index (κ2) is 9.52. The van der Waals surface area contributed by atoms with Crippen LogP contribution in [0.15, 0.2) is 36.4 Å². The number of hydrogen-bond donors (Lipinski definition) is 2. The van der Waals surface area contributed by atoms with Crippen LogP contribution in [0.3, 0.4) is 0 Å². The second-order valence-electron chi connectivity index (χ2n) is 8.49. The highest BCUT2D eigenvalue weighted by Gasteiger charge is 2.46. The first-order valence-corrected chi connectivity index (χ1v) is 10.8. The number of hydrazine groups is 1. The number of carbonyl (C=O) groups excluding carboxylic acids is 1. The lowest BCUT2D eigenvalue weighted by Gasteiger charge is -2.37. The smallest absolute Gasteiger partial charge is 0.395 e. The van der Waals surface area contributed by atoms with E-state index in [1.165, 1.54) is 18.2 Å². The van der Waals surface area contributed by atoms with E-state index in [1.54, 1.807) is 4.90 Å². The number of nitrogens with one attached hydrogen (secondary N) is 2. The molecular formula is C22H20F8N4O3. The predicted octanol–water partition coefficient (Wildman–Crippen LogP) is 4.48. The van der Waals surface area contributed by atoms with Crippen molar-refractivity contribution >= 4 is 11.6 Å². The van der Waals surface area contributed by atoms with E-state index >= 15 is 0 Å². The molecule has 15 heteroatoms. The van der Waals surface area contributed by atoms with Crippen molar-refractivity contribution in [3.63, 3.8) is 0 Å². The van der Waals surface area contributed by atoms with Crippen LogP contribution in [-0.4, -0.2) is 55.2 Å². The highest BCUT2D eigenvalue weighted by molar-refractivity contribution is 5.85. The van der Waals surface area contributed by atoms with Crippen molar-refractivity contribution in [3.8, 4) is 11.5 Å². The molecule has 2 aromatic rings. The maximum atomic E-state index is 13.8. The molecule has 1 atom stereocenters. The minimum atomic E-state index is -5.09. The summed E-state index contributed by atoms with van der Waals surface area (Å²) in [4.78, 5) is 16.8. The van der Waals surface area contributed by atoms with Gasteiger partial charge in [-0.15, -0.1) is 8.78 Å². The lowest BCUT2D eigenvalue weighted by atomic mass is 10.0. The number of carbonyl (C=O) groups is 1. The van der Waals surface area contributed by atoms with Crippen molar-refractivity contribution < 1.29 is 49.4 Å². The number of rotatable bonds is 5. The largest absolute Gasteiger partial charge is 0.586 e. The SMILES string of the molecule is CN1CCN(C(C(=O)NNc2cc(C(F)(F)F)cc(C(F)(F)F)c2)c2cccc3c2OC(F)(F)O3)CC1. The monoisotopic (exact) mass is 540 g/mol. The molecule has 2 aliphatic heterocycles. The number of fused-ring (bicyclic) bond motifs is 1. The number of para-hydroxylation sites is 1. The Hall–Kier alpha value is -3.33. The van der Waals surface area contributed by atoms with E-state index in [1.807, 2.05) is 11.9 Å². The van der Waals surface area contributed by atoms with Gasteiger partial charge in [0.2, 0.25) is 0 Å². The van der Waals surface area contributed by atoms with E-state index in [-0.39, 0.29) is 17.4 Å². The summed E-state index contributed by atoms with van der Waals surface area (Å²) in [6.07, 6.45) is -14.2. The first kappa shape index (κ1) is 26.7. The summed E-state index contributed by atoms with van der Waals surface area (Å²) in [5.41, 5.74) is 0.348. The summed E-state index contributed by atoms with van der Waals surface area (Å²) in [6, 6.07) is 3.37. The second-order valence-corrected chi connectivity index (χ2v) is 8.49. The minimum absolute atomic E-state index is 0.0152. The van der Waals surface area contributed by atoms with E-state index in [2.05, 4.69) is 20.3 Å². The van der Waals surface area contributed by atoms with Gasteiger partial charge in [-0.2, -0.15) is 26.3 Å². The van der Waals surface area contributed by atoms with Gasteiger partial charge in [0, 0.05) is 31.7 Å². The summed E-state index contributed by atoms with van der Waals surface area (Å²) in [7, 11) is 1.83. The van der Waals surface area contributed by atoms with Gasteiger partial charge < -0.3 is 14.4 Å². The number of likely N-dealkylation sites (N-methyl/N-ethyl adjacent to an activating group) is 1. The Labute approximate surface area is 204 Å². The zero-order valence-electron chi connectivity index (χ0n) is 19.0. The van der Waals surface area contributed by atoms with E-state index in [4.69, 9.17) is 0 Å². The average Bonchev–Trinajstić information content (AvgIpc) is 3.12. The van der Waals surface area contributed by atoms with Crippen LogP contribution in [0.4, 0.5) is 40.8 Å². The molecule has 0 spiro atoms. The van der Waals surface area contributed by atoms with Gasteiger partial charge in [-0.3, -0.25) is 20.5 Å². The number of anilines is 1. The normalized spacial score (nSPS) is 18.9. The summed E-state index contributed by atoms with van der Waals surface area (Å²) >= 11 is 0. The molecule has 0 saturated carbocycles. The molecule has 2 N–H and O–H groups in total. The minimum Gasteiger partial charge on any atom is -0.395 e. The molecule has 1 unspecified atom stereocenters. The van der Waals surface area contributed by atoms with Crippen LogP contribution in [0.2, 0.25) is 0 Å².